The number of amides is 1. The number of nitrogens with zero attached hydrogens (tertiary/aromatic N) is 4. The van der Waals surface area contributed by atoms with Crippen molar-refractivity contribution in [2.45, 2.75) is 19.0 Å². The third-order valence-corrected chi connectivity index (χ3v) is 6.17. The van der Waals surface area contributed by atoms with Gasteiger partial charge in [-0.25, -0.2) is 14.8 Å². The molecule has 194 valence electrons. The number of hydrogen-bond donors (Lipinski definition) is 2. The summed E-state index contributed by atoms with van der Waals surface area (Å²) >= 11 is 12.1. The number of nitrogens with one attached hydrogen (secondary N) is 1. The Bertz CT molecular complexity index is 1400. The van der Waals surface area contributed by atoms with Gasteiger partial charge in [-0.2, -0.15) is 0 Å². The molecule has 0 aliphatic carbocycles. The van der Waals surface area contributed by atoms with E-state index in [2.05, 4.69) is 20.3 Å². The van der Waals surface area contributed by atoms with Gasteiger partial charge < -0.3 is 15.3 Å². The second kappa shape index (κ2) is 14.8. The number of aliphatic carboxylic acids is 1. The first-order valence-electron chi connectivity index (χ1n) is 11.6. The van der Waals surface area contributed by atoms with Crippen molar-refractivity contribution in [3.05, 3.63) is 118 Å². The van der Waals surface area contributed by atoms with E-state index in [-0.39, 0.29) is 51.6 Å². The monoisotopic (exact) mass is 571 g/mol. The standard InChI is InChI=1S/C28H23Cl2N5O3.Na.H/c29-22-7-2-8-23(30)25(22)26(36)34-24(27(37)38)9-1-5-19-10-12-21(13-11-19)35(28-32-15-4-16-33-28)18-20-6-3-14-31-17-20;;/h1-8,10-17,24H,9,18H2,(H,34,36)(H,37,38);;. The predicted octanol–water partition coefficient (Wildman–Crippen LogP) is 5.15. The van der Waals surface area contributed by atoms with Crippen LogP contribution >= 0.6 is 23.2 Å². The van der Waals surface area contributed by atoms with Gasteiger partial charge in [0.05, 0.1) is 22.2 Å². The van der Waals surface area contributed by atoms with E-state index in [1.165, 1.54) is 12.1 Å². The maximum atomic E-state index is 12.6. The molecule has 8 nitrogen and oxygen atoms in total. The molecule has 0 bridgehead atoms. The molecule has 4 rings (SSSR count). The molecule has 0 saturated carbocycles. The van der Waals surface area contributed by atoms with E-state index in [0.717, 1.165) is 16.8 Å². The summed E-state index contributed by atoms with van der Waals surface area (Å²) in [6, 6.07) is 16.8. The van der Waals surface area contributed by atoms with E-state index in [1.54, 1.807) is 49.1 Å². The molecule has 11 heteroatoms. The second-order valence-corrected chi connectivity index (χ2v) is 9.00. The van der Waals surface area contributed by atoms with Gasteiger partial charge in [0.15, 0.2) is 0 Å². The van der Waals surface area contributed by atoms with Gasteiger partial charge in [0.1, 0.15) is 6.04 Å². The quantitative estimate of drug-likeness (QED) is 0.253. The zero-order valence-electron chi connectivity index (χ0n) is 20.0. The Labute approximate surface area is 258 Å². The Morgan fingerprint density at radius 1 is 0.949 bits per heavy atom. The third kappa shape index (κ3) is 8.36. The minimum atomic E-state index is -1.17. The molecule has 1 atom stereocenters. The van der Waals surface area contributed by atoms with Gasteiger partial charge in [0.2, 0.25) is 5.95 Å². The zero-order chi connectivity index (χ0) is 26.9. The first kappa shape index (κ1) is 30.3. The molecule has 1 unspecified atom stereocenters. The van der Waals surface area contributed by atoms with E-state index >= 15 is 0 Å². The molecule has 4 aromatic rings. The number of aromatic nitrogens is 3. The summed E-state index contributed by atoms with van der Waals surface area (Å²) in [7, 11) is 0. The van der Waals surface area contributed by atoms with Crippen molar-refractivity contribution in [3.8, 4) is 0 Å². The third-order valence-electron chi connectivity index (χ3n) is 5.54. The van der Waals surface area contributed by atoms with Crippen molar-refractivity contribution in [2.75, 3.05) is 4.90 Å². The van der Waals surface area contributed by atoms with Crippen LogP contribution in [-0.4, -0.2) is 67.5 Å². The van der Waals surface area contributed by atoms with Crippen molar-refractivity contribution in [3.63, 3.8) is 0 Å². The van der Waals surface area contributed by atoms with E-state index in [0.29, 0.717) is 12.5 Å². The number of carboxylic acids is 1. The fraction of sp³-hybridized carbons (Fsp3) is 0.107. The van der Waals surface area contributed by atoms with Crippen LogP contribution < -0.4 is 10.2 Å². The van der Waals surface area contributed by atoms with Gasteiger partial charge in [-0.1, -0.05) is 59.6 Å². The second-order valence-electron chi connectivity index (χ2n) is 8.19. The van der Waals surface area contributed by atoms with Crippen LogP contribution in [0.3, 0.4) is 0 Å². The fourth-order valence-electron chi connectivity index (χ4n) is 3.65. The molecule has 2 N–H and O–H groups in total. The van der Waals surface area contributed by atoms with Crippen LogP contribution in [0.25, 0.3) is 6.08 Å². The van der Waals surface area contributed by atoms with E-state index in [1.807, 2.05) is 41.3 Å². The van der Waals surface area contributed by atoms with Gasteiger partial charge in [-0.05, 0) is 53.9 Å². The summed E-state index contributed by atoms with van der Waals surface area (Å²) in [5.41, 5.74) is 2.78. The molecule has 0 aliphatic rings. The summed E-state index contributed by atoms with van der Waals surface area (Å²) in [4.78, 5) is 39.3. The van der Waals surface area contributed by atoms with E-state index < -0.39 is 17.9 Å². The van der Waals surface area contributed by atoms with Crippen LogP contribution in [0.1, 0.15) is 27.9 Å². The summed E-state index contributed by atoms with van der Waals surface area (Å²) in [6.07, 6.45) is 10.4. The van der Waals surface area contributed by atoms with Crippen molar-refractivity contribution in [2.24, 2.45) is 0 Å². The minimum absolute atomic E-state index is 0. The molecule has 2 aromatic heterocycles. The Hall–Kier alpha value is -3.27. The Morgan fingerprint density at radius 2 is 1.64 bits per heavy atom. The van der Waals surface area contributed by atoms with Crippen molar-refractivity contribution >= 4 is 82.3 Å². The zero-order valence-corrected chi connectivity index (χ0v) is 21.5. The Kier molecular flexibility index (Phi) is 11.5. The Morgan fingerprint density at radius 3 is 2.26 bits per heavy atom. The molecule has 0 fully saturated rings. The van der Waals surface area contributed by atoms with Crippen LogP contribution in [-0.2, 0) is 11.3 Å². The molecule has 0 radical (unpaired) electrons. The van der Waals surface area contributed by atoms with Crippen molar-refractivity contribution in [1.82, 2.24) is 20.3 Å². The van der Waals surface area contributed by atoms with E-state index in [4.69, 9.17) is 23.2 Å². The summed E-state index contributed by atoms with van der Waals surface area (Å²) < 4.78 is 0. The van der Waals surface area contributed by atoms with E-state index in [9.17, 15) is 14.7 Å². The van der Waals surface area contributed by atoms with Gasteiger partial charge in [0, 0.05) is 30.5 Å². The number of halogens is 2. The van der Waals surface area contributed by atoms with Gasteiger partial charge in [0.25, 0.3) is 5.91 Å². The molecule has 39 heavy (non-hydrogen) atoms. The molecule has 0 aliphatic heterocycles. The number of pyridine rings is 1. The maximum absolute atomic E-state index is 12.6. The molecule has 2 aromatic carbocycles. The molecule has 2 heterocycles. The van der Waals surface area contributed by atoms with Crippen molar-refractivity contribution in [1.29, 1.82) is 0 Å². The molecule has 0 spiro atoms. The molecule has 0 saturated heterocycles. The van der Waals surface area contributed by atoms with Crippen molar-refractivity contribution < 1.29 is 14.7 Å². The molecular weight excluding hydrogens is 548 g/mol. The van der Waals surface area contributed by atoms with Gasteiger partial charge in [-0.15, -0.1) is 0 Å². The van der Waals surface area contributed by atoms with Crippen LogP contribution in [0.4, 0.5) is 11.6 Å². The Balaban J connectivity index is 0.00000420. The number of rotatable bonds is 10. The van der Waals surface area contributed by atoms with Gasteiger partial charge >= 0.3 is 35.5 Å². The topological polar surface area (TPSA) is 108 Å². The fourth-order valence-corrected chi connectivity index (χ4v) is 4.22. The number of benzene rings is 2. The normalized spacial score (nSPS) is 11.4. The average Bonchev–Trinajstić information content (AvgIpc) is 2.92. The van der Waals surface area contributed by atoms with Crippen LogP contribution in [0.15, 0.2) is 91.5 Å². The predicted molar refractivity (Wildman–Crippen MR) is 155 cm³/mol. The number of hydrogen-bond acceptors (Lipinski definition) is 6. The summed E-state index contributed by atoms with van der Waals surface area (Å²) in [5.74, 6) is -1.27. The SMILES string of the molecule is O=C(NC(CC=Cc1ccc(N(Cc2cccnc2)c2ncccn2)cc1)C(=O)O)c1c(Cl)cccc1Cl.[NaH]. The summed E-state index contributed by atoms with van der Waals surface area (Å²) in [5, 5.41) is 12.4. The number of carbonyl (C=O) groups is 2. The van der Waals surface area contributed by atoms with Gasteiger partial charge in [-0.3, -0.25) is 9.78 Å². The average molecular weight is 572 g/mol. The molecular formula is C28H24Cl2N5NaO3. The van der Waals surface area contributed by atoms with Crippen LogP contribution in [0.2, 0.25) is 10.0 Å². The van der Waals surface area contributed by atoms with Crippen LogP contribution in [0.5, 0.6) is 0 Å². The van der Waals surface area contributed by atoms with Crippen LogP contribution in [0, 0.1) is 0 Å². The number of carboxylic acid groups (broad SMARTS) is 1. The first-order valence-corrected chi connectivity index (χ1v) is 12.4. The number of carbonyl (C=O) groups excluding carboxylic acids is 1. The summed E-state index contributed by atoms with van der Waals surface area (Å²) in [6.45, 7) is 0.530. The molecule has 1 amide bonds. The first-order chi connectivity index (χ1) is 18.4. The number of anilines is 2.